The van der Waals surface area contributed by atoms with Crippen molar-refractivity contribution in [3.8, 4) is 11.6 Å². The van der Waals surface area contributed by atoms with Gasteiger partial charge in [-0.05, 0) is 43.2 Å². The molecule has 142 valence electrons. The van der Waals surface area contributed by atoms with Crippen molar-refractivity contribution in [1.82, 2.24) is 9.97 Å². The van der Waals surface area contributed by atoms with Gasteiger partial charge in [0.25, 0.3) is 0 Å². The molecule has 0 aliphatic rings. The van der Waals surface area contributed by atoms with Crippen molar-refractivity contribution in [1.29, 1.82) is 0 Å². The third-order valence-electron chi connectivity index (χ3n) is 4.05. The van der Waals surface area contributed by atoms with Gasteiger partial charge in [-0.25, -0.2) is 4.98 Å². The Morgan fingerprint density at radius 2 is 1.93 bits per heavy atom. The first-order valence-corrected chi connectivity index (χ1v) is 8.62. The van der Waals surface area contributed by atoms with Gasteiger partial charge in [-0.2, -0.15) is 4.98 Å². The smallest absolute Gasteiger partial charge is 0.373 e. The monoisotopic (exact) mass is 378 g/mol. The number of hydrogen-bond donors (Lipinski definition) is 1. The maximum Gasteiger partial charge on any atom is 0.373 e. The molecule has 8 heteroatoms. The molecule has 0 atom stereocenters. The van der Waals surface area contributed by atoms with Crippen LogP contribution in [-0.4, -0.2) is 20.7 Å². The van der Waals surface area contributed by atoms with Gasteiger partial charge in [0.05, 0.1) is 4.92 Å². The molecule has 0 aliphatic heterocycles. The Kier molecular flexibility index (Phi) is 5.59. The predicted octanol–water partition coefficient (Wildman–Crippen LogP) is 4.69. The van der Waals surface area contributed by atoms with Gasteiger partial charge in [-0.15, -0.1) is 0 Å². The van der Waals surface area contributed by atoms with Crippen LogP contribution in [0.3, 0.4) is 0 Å². The number of carbonyl (C=O) groups is 1. The standard InChI is InChI=1S/C20H18N4O4/c1-3-14-7-9-17(10-8-14)28-20-18(24(26)27)19(21-12-22-20)23-16-6-4-5-15(11-16)13(2)25/h4-12H,3H2,1-2H3,(H,21,22,23). The fourth-order valence-corrected chi connectivity index (χ4v) is 2.55. The number of aromatic nitrogens is 2. The van der Waals surface area contributed by atoms with Crippen molar-refractivity contribution in [2.24, 2.45) is 0 Å². The molecule has 0 amide bonds. The van der Waals surface area contributed by atoms with E-state index in [4.69, 9.17) is 4.74 Å². The molecule has 3 aromatic rings. The number of carbonyl (C=O) groups excluding carboxylic acids is 1. The lowest BCUT2D eigenvalue weighted by atomic mass is 10.1. The van der Waals surface area contributed by atoms with E-state index in [-0.39, 0.29) is 17.5 Å². The van der Waals surface area contributed by atoms with E-state index < -0.39 is 10.6 Å². The van der Waals surface area contributed by atoms with Crippen LogP contribution in [0.15, 0.2) is 54.9 Å². The first kappa shape index (κ1) is 19.0. The summed E-state index contributed by atoms with van der Waals surface area (Å²) >= 11 is 0. The lowest BCUT2D eigenvalue weighted by molar-refractivity contribution is -0.385. The lowest BCUT2D eigenvalue weighted by Gasteiger charge is -2.10. The van der Waals surface area contributed by atoms with Crippen LogP contribution < -0.4 is 10.1 Å². The van der Waals surface area contributed by atoms with Crippen LogP contribution in [0.25, 0.3) is 0 Å². The van der Waals surface area contributed by atoms with Gasteiger partial charge in [0, 0.05) is 11.3 Å². The molecule has 1 N–H and O–H groups in total. The first-order valence-electron chi connectivity index (χ1n) is 8.62. The molecular formula is C20H18N4O4. The third kappa shape index (κ3) is 4.29. The van der Waals surface area contributed by atoms with E-state index in [0.717, 1.165) is 12.0 Å². The molecular weight excluding hydrogens is 360 g/mol. The maximum atomic E-state index is 11.7. The quantitative estimate of drug-likeness (QED) is 0.361. The number of aryl methyl sites for hydroxylation is 1. The fourth-order valence-electron chi connectivity index (χ4n) is 2.55. The number of nitrogens with zero attached hydrogens (tertiary/aromatic N) is 3. The summed E-state index contributed by atoms with van der Waals surface area (Å²) in [6.07, 6.45) is 2.06. The first-order chi connectivity index (χ1) is 13.5. The zero-order valence-corrected chi connectivity index (χ0v) is 15.4. The molecule has 0 aliphatic carbocycles. The van der Waals surface area contributed by atoms with E-state index >= 15 is 0 Å². The number of nitro groups is 1. The number of rotatable bonds is 7. The van der Waals surface area contributed by atoms with Crippen molar-refractivity contribution < 1.29 is 14.5 Å². The van der Waals surface area contributed by atoms with Crippen LogP contribution in [0.2, 0.25) is 0 Å². The summed E-state index contributed by atoms with van der Waals surface area (Å²) in [5.41, 5.74) is 1.70. The largest absolute Gasteiger partial charge is 0.434 e. The molecule has 1 heterocycles. The number of ketones is 1. The molecule has 0 radical (unpaired) electrons. The highest BCUT2D eigenvalue weighted by molar-refractivity contribution is 5.95. The molecule has 0 spiro atoms. The topological polar surface area (TPSA) is 107 Å². The highest BCUT2D eigenvalue weighted by atomic mass is 16.6. The Balaban J connectivity index is 1.94. The van der Waals surface area contributed by atoms with E-state index in [1.165, 1.54) is 13.3 Å². The molecule has 28 heavy (non-hydrogen) atoms. The molecule has 0 bridgehead atoms. The Morgan fingerprint density at radius 3 is 2.57 bits per heavy atom. The molecule has 0 saturated carbocycles. The summed E-state index contributed by atoms with van der Waals surface area (Å²) in [6.45, 7) is 3.48. The fraction of sp³-hybridized carbons (Fsp3) is 0.150. The van der Waals surface area contributed by atoms with Crippen molar-refractivity contribution in [3.63, 3.8) is 0 Å². The van der Waals surface area contributed by atoms with E-state index in [1.807, 2.05) is 19.1 Å². The number of hydrogen-bond acceptors (Lipinski definition) is 7. The second-order valence-corrected chi connectivity index (χ2v) is 5.99. The van der Waals surface area contributed by atoms with Crippen molar-refractivity contribution in [3.05, 3.63) is 76.1 Å². The van der Waals surface area contributed by atoms with E-state index in [0.29, 0.717) is 17.0 Å². The number of anilines is 2. The van der Waals surface area contributed by atoms with Gasteiger partial charge in [0.1, 0.15) is 12.1 Å². The van der Waals surface area contributed by atoms with Gasteiger partial charge in [0.15, 0.2) is 5.78 Å². The summed E-state index contributed by atoms with van der Waals surface area (Å²) in [6, 6.07) is 13.8. The molecule has 3 rings (SSSR count). The summed E-state index contributed by atoms with van der Waals surface area (Å²) in [4.78, 5) is 30.5. The van der Waals surface area contributed by atoms with E-state index in [2.05, 4.69) is 15.3 Å². The van der Waals surface area contributed by atoms with Crippen molar-refractivity contribution >= 4 is 23.0 Å². The zero-order valence-electron chi connectivity index (χ0n) is 15.4. The maximum absolute atomic E-state index is 11.7. The molecule has 2 aromatic carbocycles. The van der Waals surface area contributed by atoms with Crippen molar-refractivity contribution in [2.45, 2.75) is 20.3 Å². The minimum Gasteiger partial charge on any atom is -0.434 e. The Labute approximate surface area is 161 Å². The van der Waals surface area contributed by atoms with Crippen molar-refractivity contribution in [2.75, 3.05) is 5.32 Å². The Morgan fingerprint density at radius 1 is 1.18 bits per heavy atom. The van der Waals surface area contributed by atoms with Gasteiger partial charge in [-0.1, -0.05) is 31.2 Å². The average Bonchev–Trinajstić information content (AvgIpc) is 2.68. The third-order valence-corrected chi connectivity index (χ3v) is 4.05. The molecule has 0 saturated heterocycles. The number of Topliss-reactive ketones (excluding diaryl/α,β-unsaturated/α-hetero) is 1. The van der Waals surface area contributed by atoms with Gasteiger partial charge >= 0.3 is 11.6 Å². The highest BCUT2D eigenvalue weighted by Crippen LogP contribution is 2.35. The molecule has 0 unspecified atom stereocenters. The van der Waals surface area contributed by atoms with Gasteiger partial charge in [0.2, 0.25) is 5.82 Å². The lowest BCUT2D eigenvalue weighted by Crippen LogP contribution is -2.04. The van der Waals surface area contributed by atoms with Gasteiger partial charge in [-0.3, -0.25) is 14.9 Å². The Bertz CT molecular complexity index is 1020. The zero-order chi connectivity index (χ0) is 20.1. The van der Waals surface area contributed by atoms with Crippen LogP contribution in [0.1, 0.15) is 29.8 Å². The van der Waals surface area contributed by atoms with Crippen LogP contribution in [0.4, 0.5) is 17.2 Å². The minimum absolute atomic E-state index is 0.0270. The number of ether oxygens (including phenoxy) is 1. The number of nitrogens with one attached hydrogen (secondary N) is 1. The molecule has 1 aromatic heterocycles. The van der Waals surface area contributed by atoms with Crippen LogP contribution in [0.5, 0.6) is 11.6 Å². The molecule has 0 fully saturated rings. The SMILES string of the molecule is CCc1ccc(Oc2ncnc(Nc3cccc(C(C)=O)c3)c2[N+](=O)[O-])cc1. The Hall–Kier alpha value is -3.81. The van der Waals surface area contributed by atoms with Crippen LogP contribution >= 0.6 is 0 Å². The summed E-state index contributed by atoms with van der Waals surface area (Å²) in [5.74, 6) is 0.124. The number of benzene rings is 2. The normalized spacial score (nSPS) is 10.4. The second-order valence-electron chi connectivity index (χ2n) is 5.99. The predicted molar refractivity (Wildman–Crippen MR) is 104 cm³/mol. The average molecular weight is 378 g/mol. The summed E-state index contributed by atoms with van der Waals surface area (Å²) in [7, 11) is 0. The summed E-state index contributed by atoms with van der Waals surface area (Å²) < 4.78 is 5.62. The van der Waals surface area contributed by atoms with E-state index in [1.54, 1.807) is 36.4 Å². The van der Waals surface area contributed by atoms with Gasteiger partial charge < -0.3 is 10.1 Å². The molecule has 8 nitrogen and oxygen atoms in total. The van der Waals surface area contributed by atoms with E-state index in [9.17, 15) is 14.9 Å². The minimum atomic E-state index is -0.604. The highest BCUT2D eigenvalue weighted by Gasteiger charge is 2.25. The second kappa shape index (κ2) is 8.26. The summed E-state index contributed by atoms with van der Waals surface area (Å²) in [5, 5.41) is 14.5. The van der Waals surface area contributed by atoms with Crippen LogP contribution in [0, 0.1) is 10.1 Å². The van der Waals surface area contributed by atoms with Crippen LogP contribution in [-0.2, 0) is 6.42 Å².